The smallest absolute Gasteiger partial charge is 0.0942 e. The molecule has 18 heavy (non-hydrogen) atoms. The van der Waals surface area contributed by atoms with Crippen LogP contribution in [0.3, 0.4) is 0 Å². The van der Waals surface area contributed by atoms with E-state index in [2.05, 4.69) is 5.32 Å². The lowest BCUT2D eigenvalue weighted by molar-refractivity contribution is 0.105. The topological polar surface area (TPSA) is 57.4 Å². The minimum absolute atomic E-state index is 0.255. The van der Waals surface area contributed by atoms with E-state index in [1.807, 2.05) is 41.2 Å². The van der Waals surface area contributed by atoms with Gasteiger partial charge in [0.05, 0.1) is 23.4 Å². The van der Waals surface area contributed by atoms with E-state index in [1.165, 1.54) is 0 Å². The number of aliphatic hydroxyl groups excluding tert-OH is 2. The van der Waals surface area contributed by atoms with Crippen LogP contribution in [0.1, 0.15) is 0 Å². The van der Waals surface area contributed by atoms with Crippen LogP contribution in [0.4, 0.5) is 5.69 Å². The average molecular weight is 267 g/mol. The molecule has 1 aromatic heterocycles. The van der Waals surface area contributed by atoms with Crippen molar-refractivity contribution in [1.29, 1.82) is 0 Å². The van der Waals surface area contributed by atoms with Gasteiger partial charge in [0.2, 0.25) is 0 Å². The van der Waals surface area contributed by atoms with E-state index in [9.17, 15) is 5.11 Å². The van der Waals surface area contributed by atoms with Crippen LogP contribution in [0.5, 0.6) is 0 Å². The summed E-state index contributed by atoms with van der Waals surface area (Å²) in [4.78, 5) is 0. The van der Waals surface area contributed by atoms with E-state index >= 15 is 0 Å². The third kappa shape index (κ3) is 3.04. The molecule has 0 aliphatic heterocycles. The molecule has 2 aromatic rings. The first-order chi connectivity index (χ1) is 8.70. The van der Waals surface area contributed by atoms with Gasteiger partial charge in [-0.3, -0.25) is 0 Å². The molecule has 1 unspecified atom stereocenters. The molecule has 0 fully saturated rings. The van der Waals surface area contributed by atoms with Crippen LogP contribution in [0, 0.1) is 0 Å². The van der Waals surface area contributed by atoms with Crippen LogP contribution in [-0.4, -0.2) is 34.0 Å². The molecule has 1 heterocycles. The standard InChI is InChI=1S/C13H15ClN2O2/c14-12-4-3-10(16-5-1-2-6-16)7-13(12)15-8-11(18)9-17/h1-7,11,15,17-18H,8-9H2. The minimum Gasteiger partial charge on any atom is -0.394 e. The molecule has 1 atom stereocenters. The van der Waals surface area contributed by atoms with Crippen LogP contribution >= 0.6 is 11.6 Å². The van der Waals surface area contributed by atoms with E-state index in [1.54, 1.807) is 6.07 Å². The number of anilines is 1. The van der Waals surface area contributed by atoms with Crippen LogP contribution in [0.15, 0.2) is 42.7 Å². The number of nitrogens with one attached hydrogen (secondary N) is 1. The first kappa shape index (κ1) is 13.0. The molecule has 0 aliphatic carbocycles. The van der Waals surface area contributed by atoms with Gasteiger partial charge in [-0.05, 0) is 30.3 Å². The molecular formula is C13H15ClN2O2. The summed E-state index contributed by atoms with van der Waals surface area (Å²) in [5, 5.41) is 21.7. The van der Waals surface area contributed by atoms with Gasteiger partial charge in [-0.2, -0.15) is 0 Å². The van der Waals surface area contributed by atoms with Gasteiger partial charge in [0.15, 0.2) is 0 Å². The van der Waals surface area contributed by atoms with E-state index in [-0.39, 0.29) is 13.2 Å². The summed E-state index contributed by atoms with van der Waals surface area (Å²) in [6.45, 7) is -0.0206. The lowest BCUT2D eigenvalue weighted by Crippen LogP contribution is -2.23. The molecule has 0 radical (unpaired) electrons. The SMILES string of the molecule is OCC(O)CNc1cc(-n2cccc2)ccc1Cl. The van der Waals surface area contributed by atoms with Gasteiger partial charge >= 0.3 is 0 Å². The Morgan fingerprint density at radius 2 is 2.00 bits per heavy atom. The molecule has 96 valence electrons. The lowest BCUT2D eigenvalue weighted by atomic mass is 10.2. The van der Waals surface area contributed by atoms with Crippen LogP contribution < -0.4 is 5.32 Å². The fourth-order valence-corrected chi connectivity index (χ4v) is 1.79. The van der Waals surface area contributed by atoms with Gasteiger partial charge in [-0.1, -0.05) is 11.6 Å². The van der Waals surface area contributed by atoms with Crippen molar-refractivity contribution >= 4 is 17.3 Å². The van der Waals surface area contributed by atoms with Crippen molar-refractivity contribution in [3.8, 4) is 5.69 Å². The molecule has 0 amide bonds. The third-order valence-electron chi connectivity index (χ3n) is 2.59. The summed E-state index contributed by atoms with van der Waals surface area (Å²) in [6, 6.07) is 9.49. The van der Waals surface area contributed by atoms with Crippen molar-refractivity contribution in [3.05, 3.63) is 47.7 Å². The number of halogens is 1. The molecule has 3 N–H and O–H groups in total. The highest BCUT2D eigenvalue weighted by molar-refractivity contribution is 6.33. The largest absolute Gasteiger partial charge is 0.394 e. The Hall–Kier alpha value is -1.49. The van der Waals surface area contributed by atoms with Gasteiger partial charge < -0.3 is 20.1 Å². The molecule has 0 spiro atoms. The molecule has 0 saturated heterocycles. The molecule has 0 bridgehead atoms. The second-order valence-electron chi connectivity index (χ2n) is 3.97. The second kappa shape index (κ2) is 5.91. The summed E-state index contributed by atoms with van der Waals surface area (Å²) < 4.78 is 1.96. The fraction of sp³-hybridized carbons (Fsp3) is 0.231. The predicted molar refractivity (Wildman–Crippen MR) is 72.4 cm³/mol. The molecule has 0 aliphatic rings. The maximum atomic E-state index is 9.30. The highest BCUT2D eigenvalue weighted by atomic mass is 35.5. The fourth-order valence-electron chi connectivity index (χ4n) is 1.61. The van der Waals surface area contributed by atoms with Crippen LogP contribution in [-0.2, 0) is 0 Å². The molecular weight excluding hydrogens is 252 g/mol. The van der Waals surface area contributed by atoms with E-state index in [0.29, 0.717) is 5.02 Å². The maximum Gasteiger partial charge on any atom is 0.0942 e. The zero-order chi connectivity index (χ0) is 13.0. The predicted octanol–water partition coefficient (Wildman–Crippen LogP) is 1.90. The van der Waals surface area contributed by atoms with E-state index in [0.717, 1.165) is 11.4 Å². The van der Waals surface area contributed by atoms with Gasteiger partial charge in [0, 0.05) is 24.6 Å². The third-order valence-corrected chi connectivity index (χ3v) is 2.92. The Bertz CT molecular complexity index is 500. The Morgan fingerprint density at radius 1 is 1.28 bits per heavy atom. The lowest BCUT2D eigenvalue weighted by Gasteiger charge is -2.13. The van der Waals surface area contributed by atoms with Crippen molar-refractivity contribution in [1.82, 2.24) is 4.57 Å². The summed E-state index contributed by atoms with van der Waals surface area (Å²) in [5.41, 5.74) is 1.71. The van der Waals surface area contributed by atoms with Gasteiger partial charge in [0.25, 0.3) is 0 Å². The van der Waals surface area contributed by atoms with E-state index in [4.69, 9.17) is 16.7 Å². The number of hydrogen-bond donors (Lipinski definition) is 3. The Morgan fingerprint density at radius 3 is 2.67 bits per heavy atom. The highest BCUT2D eigenvalue weighted by Gasteiger charge is 2.06. The molecule has 4 nitrogen and oxygen atoms in total. The molecule has 5 heteroatoms. The summed E-state index contributed by atoms with van der Waals surface area (Å²) in [6.07, 6.45) is 3.09. The number of aromatic nitrogens is 1. The zero-order valence-corrected chi connectivity index (χ0v) is 10.5. The average Bonchev–Trinajstić information content (AvgIpc) is 2.91. The van der Waals surface area contributed by atoms with Gasteiger partial charge in [-0.25, -0.2) is 0 Å². The quantitative estimate of drug-likeness (QED) is 0.775. The van der Waals surface area contributed by atoms with E-state index < -0.39 is 6.10 Å². The van der Waals surface area contributed by atoms with Crippen molar-refractivity contribution < 1.29 is 10.2 Å². The normalized spacial score (nSPS) is 12.4. The Labute approximate surface area is 110 Å². The molecule has 2 rings (SSSR count). The summed E-state index contributed by atoms with van der Waals surface area (Å²) >= 11 is 6.07. The number of aliphatic hydroxyl groups is 2. The monoisotopic (exact) mass is 266 g/mol. The van der Waals surface area contributed by atoms with Crippen molar-refractivity contribution in [2.45, 2.75) is 6.10 Å². The molecule has 0 saturated carbocycles. The first-order valence-corrected chi connectivity index (χ1v) is 6.04. The van der Waals surface area contributed by atoms with Crippen LogP contribution in [0.2, 0.25) is 5.02 Å². The number of nitrogens with zero attached hydrogens (tertiary/aromatic N) is 1. The van der Waals surface area contributed by atoms with Gasteiger partial charge in [0.1, 0.15) is 0 Å². The summed E-state index contributed by atoms with van der Waals surface area (Å²) in [5.74, 6) is 0. The Balaban J connectivity index is 2.17. The number of benzene rings is 1. The summed E-state index contributed by atoms with van der Waals surface area (Å²) in [7, 11) is 0. The first-order valence-electron chi connectivity index (χ1n) is 5.66. The number of rotatable bonds is 5. The second-order valence-corrected chi connectivity index (χ2v) is 4.38. The maximum absolute atomic E-state index is 9.30. The minimum atomic E-state index is -0.795. The van der Waals surface area contributed by atoms with Gasteiger partial charge in [-0.15, -0.1) is 0 Å². The Kier molecular flexibility index (Phi) is 4.25. The van der Waals surface area contributed by atoms with Crippen molar-refractivity contribution in [3.63, 3.8) is 0 Å². The molecule has 1 aromatic carbocycles. The van der Waals surface area contributed by atoms with Crippen LogP contribution in [0.25, 0.3) is 5.69 Å². The van der Waals surface area contributed by atoms with Crippen molar-refractivity contribution in [2.75, 3.05) is 18.5 Å². The van der Waals surface area contributed by atoms with Crippen molar-refractivity contribution in [2.24, 2.45) is 0 Å². The number of hydrogen-bond acceptors (Lipinski definition) is 3. The zero-order valence-electron chi connectivity index (χ0n) is 9.75. The highest BCUT2D eigenvalue weighted by Crippen LogP contribution is 2.24.